The molecule has 1 aliphatic rings. The molecule has 1 amide bonds. The van der Waals surface area contributed by atoms with E-state index in [9.17, 15) is 23.8 Å². The van der Waals surface area contributed by atoms with E-state index in [4.69, 9.17) is 0 Å². The highest BCUT2D eigenvalue weighted by molar-refractivity contribution is 6.03. The molecule has 4 rings (SSSR count). The molecule has 1 aliphatic heterocycles. The van der Waals surface area contributed by atoms with E-state index in [2.05, 4.69) is 0 Å². The van der Waals surface area contributed by atoms with Crippen LogP contribution >= 0.6 is 0 Å². The fraction of sp³-hybridized carbons (Fsp3) is 0.208. The van der Waals surface area contributed by atoms with Crippen molar-refractivity contribution in [2.75, 3.05) is 4.90 Å². The Morgan fingerprint density at radius 2 is 1.60 bits per heavy atom. The summed E-state index contributed by atoms with van der Waals surface area (Å²) < 4.78 is 27.3. The van der Waals surface area contributed by atoms with E-state index in [1.165, 1.54) is 24.3 Å². The Morgan fingerprint density at radius 3 is 2.27 bits per heavy atom. The predicted molar refractivity (Wildman–Crippen MR) is 109 cm³/mol. The summed E-state index contributed by atoms with van der Waals surface area (Å²) in [4.78, 5) is 14.5. The molecule has 1 fully saturated rings. The minimum Gasteiger partial charge on any atom is -0.508 e. The molecule has 6 heteroatoms. The number of carbonyl (C=O) groups excluding carboxylic acids is 1. The van der Waals surface area contributed by atoms with Gasteiger partial charge >= 0.3 is 0 Å². The van der Waals surface area contributed by atoms with Crippen LogP contribution in [0.4, 0.5) is 14.5 Å². The minimum absolute atomic E-state index is 0.115. The third-order valence-corrected chi connectivity index (χ3v) is 5.57. The summed E-state index contributed by atoms with van der Waals surface area (Å²) in [5.74, 6) is -1.31. The SMILES string of the molecule is O=C1[C@@H](CC[C@@H](O)c2ccccc2F)[C@H](c2ccc(O)cc2)N1c1ccc(F)cc1. The molecule has 0 unspecified atom stereocenters. The highest BCUT2D eigenvalue weighted by Gasteiger charge is 2.48. The second-order valence-electron chi connectivity index (χ2n) is 7.44. The van der Waals surface area contributed by atoms with Gasteiger partial charge in [0.2, 0.25) is 5.91 Å². The maximum atomic E-state index is 13.9. The maximum absolute atomic E-state index is 13.9. The Balaban J connectivity index is 1.57. The molecule has 1 saturated heterocycles. The molecule has 3 aromatic rings. The van der Waals surface area contributed by atoms with Crippen LogP contribution in [-0.4, -0.2) is 16.1 Å². The summed E-state index contributed by atoms with van der Waals surface area (Å²) in [7, 11) is 0. The fourth-order valence-corrected chi connectivity index (χ4v) is 4.01. The average molecular weight is 409 g/mol. The minimum atomic E-state index is -1.01. The van der Waals surface area contributed by atoms with Gasteiger partial charge in [0, 0.05) is 11.3 Å². The Bertz CT molecular complexity index is 1040. The quantitative estimate of drug-likeness (QED) is 0.570. The third-order valence-electron chi connectivity index (χ3n) is 5.57. The summed E-state index contributed by atoms with van der Waals surface area (Å²) >= 11 is 0. The lowest BCUT2D eigenvalue weighted by molar-refractivity contribution is -0.131. The molecule has 154 valence electrons. The van der Waals surface area contributed by atoms with E-state index >= 15 is 0 Å². The first-order chi connectivity index (χ1) is 14.5. The van der Waals surface area contributed by atoms with E-state index < -0.39 is 23.7 Å². The van der Waals surface area contributed by atoms with Crippen LogP contribution in [0.2, 0.25) is 0 Å². The van der Waals surface area contributed by atoms with Crippen LogP contribution in [0.1, 0.15) is 36.1 Å². The van der Waals surface area contributed by atoms with Crippen LogP contribution in [0, 0.1) is 17.6 Å². The number of aliphatic hydroxyl groups excluding tert-OH is 1. The Hall–Kier alpha value is -3.25. The van der Waals surface area contributed by atoms with Gasteiger partial charge in [-0.15, -0.1) is 0 Å². The van der Waals surface area contributed by atoms with Crippen molar-refractivity contribution in [2.45, 2.75) is 25.0 Å². The molecule has 0 radical (unpaired) electrons. The zero-order chi connectivity index (χ0) is 21.3. The summed E-state index contributed by atoms with van der Waals surface area (Å²) in [6, 6.07) is 18.0. The van der Waals surface area contributed by atoms with Crippen molar-refractivity contribution < 1.29 is 23.8 Å². The molecule has 0 spiro atoms. The number of phenolic OH excluding ortho intramolecular Hbond substituents is 1. The Kier molecular flexibility index (Phi) is 5.50. The molecule has 0 bridgehead atoms. The molecule has 2 N–H and O–H groups in total. The van der Waals surface area contributed by atoms with Gasteiger partial charge in [-0.05, 0) is 60.9 Å². The van der Waals surface area contributed by atoms with Crippen molar-refractivity contribution in [3.05, 3.63) is 95.6 Å². The van der Waals surface area contributed by atoms with Crippen LogP contribution in [0.5, 0.6) is 5.75 Å². The summed E-state index contributed by atoms with van der Waals surface area (Å²) in [5, 5.41) is 20.0. The van der Waals surface area contributed by atoms with Crippen molar-refractivity contribution in [3.63, 3.8) is 0 Å². The van der Waals surface area contributed by atoms with Crippen molar-refractivity contribution in [1.82, 2.24) is 0 Å². The second kappa shape index (κ2) is 8.24. The number of carbonyl (C=O) groups is 1. The number of aromatic hydroxyl groups is 1. The van der Waals surface area contributed by atoms with Crippen LogP contribution in [0.25, 0.3) is 0 Å². The number of hydrogen-bond donors (Lipinski definition) is 2. The number of rotatable bonds is 6. The fourth-order valence-electron chi connectivity index (χ4n) is 4.01. The molecular formula is C24H21F2NO3. The van der Waals surface area contributed by atoms with Crippen molar-refractivity contribution >= 4 is 11.6 Å². The van der Waals surface area contributed by atoms with Gasteiger partial charge in [-0.25, -0.2) is 8.78 Å². The number of benzene rings is 3. The zero-order valence-corrected chi connectivity index (χ0v) is 16.1. The average Bonchev–Trinajstić information content (AvgIpc) is 2.74. The third kappa shape index (κ3) is 3.78. The van der Waals surface area contributed by atoms with Crippen molar-refractivity contribution in [2.24, 2.45) is 5.92 Å². The van der Waals surface area contributed by atoms with Crippen LogP contribution in [0.15, 0.2) is 72.8 Å². The first-order valence-corrected chi connectivity index (χ1v) is 9.76. The molecule has 4 nitrogen and oxygen atoms in total. The van der Waals surface area contributed by atoms with E-state index in [1.54, 1.807) is 53.4 Å². The smallest absolute Gasteiger partial charge is 0.233 e. The predicted octanol–water partition coefficient (Wildman–Crippen LogP) is 4.89. The van der Waals surface area contributed by atoms with Gasteiger partial charge in [-0.3, -0.25) is 4.79 Å². The van der Waals surface area contributed by atoms with Gasteiger partial charge in [-0.2, -0.15) is 0 Å². The van der Waals surface area contributed by atoms with Crippen molar-refractivity contribution in [1.29, 1.82) is 0 Å². The number of anilines is 1. The lowest BCUT2D eigenvalue weighted by Crippen LogP contribution is -2.55. The monoisotopic (exact) mass is 409 g/mol. The van der Waals surface area contributed by atoms with E-state index in [0.29, 0.717) is 12.1 Å². The summed E-state index contributed by atoms with van der Waals surface area (Å²) in [6.07, 6.45) is -0.430. The number of β-lactam (4-membered cyclic amide) rings is 1. The second-order valence-corrected chi connectivity index (χ2v) is 7.44. The number of phenols is 1. The summed E-state index contributed by atoms with van der Waals surface area (Å²) in [5.41, 5.74) is 1.60. The standard InChI is InChI=1S/C24H21F2NO3/c25-16-7-9-17(10-8-16)27-23(15-5-11-18(28)12-6-15)20(24(27)30)13-14-22(29)19-3-1-2-4-21(19)26/h1-12,20,22-23,28-29H,13-14H2/t20-,22+,23-/m0/s1. The lowest BCUT2D eigenvalue weighted by Gasteiger charge is -2.48. The van der Waals surface area contributed by atoms with E-state index in [1.807, 2.05) is 0 Å². The first kappa shape index (κ1) is 20.0. The first-order valence-electron chi connectivity index (χ1n) is 9.76. The Morgan fingerprint density at radius 1 is 0.933 bits per heavy atom. The van der Waals surface area contributed by atoms with Gasteiger partial charge < -0.3 is 15.1 Å². The van der Waals surface area contributed by atoms with E-state index in [0.717, 1.165) is 5.56 Å². The molecule has 0 saturated carbocycles. The molecule has 3 aromatic carbocycles. The number of hydrogen-bond acceptors (Lipinski definition) is 3. The van der Waals surface area contributed by atoms with Crippen LogP contribution in [0.3, 0.4) is 0 Å². The molecule has 0 aliphatic carbocycles. The molecule has 1 heterocycles. The number of aliphatic hydroxyl groups is 1. The van der Waals surface area contributed by atoms with Gasteiger partial charge in [0.15, 0.2) is 0 Å². The van der Waals surface area contributed by atoms with Crippen LogP contribution in [-0.2, 0) is 4.79 Å². The number of halogens is 2. The maximum Gasteiger partial charge on any atom is 0.233 e. The summed E-state index contributed by atoms with van der Waals surface area (Å²) in [6.45, 7) is 0. The zero-order valence-electron chi connectivity index (χ0n) is 16.1. The van der Waals surface area contributed by atoms with Crippen molar-refractivity contribution in [3.8, 4) is 5.75 Å². The number of amides is 1. The molecular weight excluding hydrogens is 388 g/mol. The molecule has 3 atom stereocenters. The van der Waals surface area contributed by atoms with E-state index in [-0.39, 0.29) is 29.7 Å². The number of nitrogens with zero attached hydrogens (tertiary/aromatic N) is 1. The van der Waals surface area contributed by atoms with Gasteiger partial charge in [0.25, 0.3) is 0 Å². The Labute approximate surface area is 173 Å². The topological polar surface area (TPSA) is 60.8 Å². The van der Waals surface area contributed by atoms with Crippen LogP contribution < -0.4 is 4.90 Å². The normalized spacial score (nSPS) is 19.4. The lowest BCUT2D eigenvalue weighted by atomic mass is 9.78. The molecule has 0 aromatic heterocycles. The highest BCUT2D eigenvalue weighted by Crippen LogP contribution is 2.46. The van der Waals surface area contributed by atoms with Gasteiger partial charge in [-0.1, -0.05) is 30.3 Å². The highest BCUT2D eigenvalue weighted by atomic mass is 19.1. The van der Waals surface area contributed by atoms with Gasteiger partial charge in [0.05, 0.1) is 18.1 Å². The van der Waals surface area contributed by atoms with Gasteiger partial charge in [0.1, 0.15) is 17.4 Å². The largest absolute Gasteiger partial charge is 0.508 e. The molecule has 30 heavy (non-hydrogen) atoms.